The number of benzene rings is 7. The molecule has 3 heterocycles. The van der Waals surface area contributed by atoms with E-state index in [0.717, 1.165) is 49.8 Å². The number of rotatable bonds is 16. The van der Waals surface area contributed by atoms with Gasteiger partial charge in [-0.2, -0.15) is 0 Å². The summed E-state index contributed by atoms with van der Waals surface area (Å²) in [5.41, 5.74) is 6.73. The van der Waals surface area contributed by atoms with Crippen molar-refractivity contribution in [2.75, 3.05) is 0 Å². The smallest absolute Gasteiger partial charge is 0.190 e. The Bertz CT molecular complexity index is 4260. The van der Waals surface area contributed by atoms with Gasteiger partial charge in [-0.15, -0.1) is 0 Å². The Balaban J connectivity index is 0.000000171. The first-order valence-corrected chi connectivity index (χ1v) is 28.2. The summed E-state index contributed by atoms with van der Waals surface area (Å²) < 4.78 is 47.3. The van der Waals surface area contributed by atoms with Gasteiger partial charge in [0.2, 0.25) is 0 Å². The van der Waals surface area contributed by atoms with Crippen molar-refractivity contribution >= 4 is 78.7 Å². The number of nitrogens with zero attached hydrogens (tertiary/aromatic N) is 6. The van der Waals surface area contributed by atoms with Crippen LogP contribution in [0.3, 0.4) is 0 Å². The molecule has 10 aromatic rings. The molecule has 0 bridgehead atoms. The Kier molecular flexibility index (Phi) is 19.1. The first-order valence-electron chi connectivity index (χ1n) is 27.8. The molecule has 12 nitrogen and oxygen atoms in total. The molecular weight excluding hydrogens is 1130 g/mol. The van der Waals surface area contributed by atoms with E-state index in [0.29, 0.717) is 60.6 Å². The third kappa shape index (κ3) is 14.8. The molecule has 0 aliphatic heterocycles. The zero-order chi connectivity index (χ0) is 63.3. The lowest BCUT2D eigenvalue weighted by atomic mass is 9.94. The van der Waals surface area contributed by atoms with E-state index in [1.807, 2.05) is 62.6 Å². The van der Waals surface area contributed by atoms with Crippen molar-refractivity contribution in [3.8, 4) is 11.1 Å². The lowest BCUT2D eigenvalue weighted by molar-refractivity contribution is -0.136. The maximum absolute atomic E-state index is 14.8. The van der Waals surface area contributed by atoms with Gasteiger partial charge in [-0.25, -0.2) is 27.7 Å². The summed E-state index contributed by atoms with van der Waals surface area (Å²) in [4.78, 5) is 48.6. The quantitative estimate of drug-likeness (QED) is 0.0823. The number of carbonyl (C=O) groups is 3. The molecule has 0 aliphatic rings. The van der Waals surface area contributed by atoms with Crippen LogP contribution in [0.1, 0.15) is 65.3 Å². The van der Waals surface area contributed by atoms with Crippen molar-refractivity contribution in [3.05, 3.63) is 253 Å². The molecule has 0 fully saturated rings. The van der Waals surface area contributed by atoms with E-state index in [9.17, 15) is 42.9 Å². The van der Waals surface area contributed by atoms with Gasteiger partial charge in [0.05, 0.1) is 55.4 Å². The third-order valence-electron chi connectivity index (χ3n) is 15.5. The lowest BCUT2D eigenvalue weighted by Gasteiger charge is -2.23. The van der Waals surface area contributed by atoms with Crippen LogP contribution < -0.4 is 0 Å². The number of aromatic nitrogens is 3. The lowest BCUT2D eigenvalue weighted by Crippen LogP contribution is -2.40. The van der Waals surface area contributed by atoms with Gasteiger partial charge in [0.25, 0.3) is 0 Å². The van der Waals surface area contributed by atoms with Crippen LogP contribution in [0.5, 0.6) is 0 Å². The molecule has 3 N–H and O–H groups in total. The molecule has 0 spiro atoms. The molecule has 0 saturated heterocycles. The van der Waals surface area contributed by atoms with Crippen LogP contribution in [0.15, 0.2) is 152 Å². The number of aryl methyl sites for hydroxylation is 5. The molecule has 7 aromatic carbocycles. The molecule has 3 aromatic heterocycles. The highest BCUT2D eigenvalue weighted by atomic mass is 35.5. The largest absolute Gasteiger partial charge is 0.380 e. The first kappa shape index (κ1) is 63.6. The summed E-state index contributed by atoms with van der Waals surface area (Å²) in [6, 6.07) is 37.5. The predicted octanol–water partition coefficient (Wildman–Crippen LogP) is 15.5. The SMILES string of the molecule is [C-]#[N+]c1ccc(CC(=O)[C@@](C)(O)Cn2cc(Cl)c3cc(C)ccc32)cc1C.[C-]#[N+]c1ccc(CC(=O)[C@@](C)(O)Cn2cc(F)c3cc(C)ccc32)cc1C.[C-]#[N+]c1ccc(CC(=O)[C@@](C)(O)Cn2ccc3c(F)cc(-c4ccc(F)cc4)cc32)cc1C. The number of ketones is 3. The normalized spacial score (nSPS) is 13.2. The topological polar surface area (TPSA) is 140 Å². The molecule has 16 heteroatoms. The number of fused-ring (bicyclic) bond motifs is 3. The van der Waals surface area contributed by atoms with Gasteiger partial charge < -0.3 is 29.0 Å². The van der Waals surface area contributed by atoms with E-state index in [2.05, 4.69) is 14.5 Å². The number of carbonyl (C=O) groups excluding carboxylic acids is 3. The highest BCUT2D eigenvalue weighted by Crippen LogP contribution is 2.33. The zero-order valence-corrected chi connectivity index (χ0v) is 50.2. The van der Waals surface area contributed by atoms with Gasteiger partial charge in [0.15, 0.2) is 34.4 Å². The molecule has 0 saturated carbocycles. The molecule has 442 valence electrons. The zero-order valence-electron chi connectivity index (χ0n) is 49.4. The van der Waals surface area contributed by atoms with Gasteiger partial charge in [0.1, 0.15) is 34.3 Å². The van der Waals surface area contributed by atoms with Gasteiger partial charge in [0, 0.05) is 59.5 Å². The first-order chi connectivity index (χ1) is 41.1. The number of hydrogen-bond donors (Lipinski definition) is 3. The number of aliphatic hydroxyl groups is 3. The second-order valence-corrected chi connectivity index (χ2v) is 23.3. The van der Waals surface area contributed by atoms with Gasteiger partial charge >= 0.3 is 0 Å². The minimum atomic E-state index is -1.69. The fourth-order valence-electron chi connectivity index (χ4n) is 10.4. The highest BCUT2D eigenvalue weighted by molar-refractivity contribution is 6.35. The number of Topliss-reactive ketones (excluding diaryl/α,β-unsaturated/α-hetero) is 3. The molecule has 0 aliphatic carbocycles. The van der Waals surface area contributed by atoms with Crippen LogP contribution in [0.25, 0.3) is 58.4 Å². The van der Waals surface area contributed by atoms with Crippen molar-refractivity contribution in [2.24, 2.45) is 0 Å². The molecule has 0 amide bonds. The maximum atomic E-state index is 14.8. The molecule has 87 heavy (non-hydrogen) atoms. The van der Waals surface area contributed by atoms with Gasteiger partial charge in [-0.05, 0) is 154 Å². The predicted molar refractivity (Wildman–Crippen MR) is 336 cm³/mol. The maximum Gasteiger partial charge on any atom is 0.190 e. The van der Waals surface area contributed by atoms with Crippen molar-refractivity contribution in [3.63, 3.8) is 0 Å². The van der Waals surface area contributed by atoms with Crippen LogP contribution in [-0.2, 0) is 53.3 Å². The summed E-state index contributed by atoms with van der Waals surface area (Å²) in [6.07, 6.45) is 4.88. The summed E-state index contributed by atoms with van der Waals surface area (Å²) >= 11 is 6.32. The molecule has 10 rings (SSSR count). The van der Waals surface area contributed by atoms with E-state index >= 15 is 0 Å². The fraction of sp³-hybridized carbons (Fsp3) is 0.239. The Hall–Kier alpha value is -9.40. The minimum absolute atomic E-state index is 0.0144. The average Bonchev–Trinajstić information content (AvgIpc) is 2.30. The average molecular weight is 1190 g/mol. The van der Waals surface area contributed by atoms with Gasteiger partial charge in [-0.3, -0.25) is 14.4 Å². The number of halogens is 4. The summed E-state index contributed by atoms with van der Waals surface area (Å²) in [6.45, 7) is 35.1. The minimum Gasteiger partial charge on any atom is -0.380 e. The summed E-state index contributed by atoms with van der Waals surface area (Å²) in [5, 5.41) is 34.9. The highest BCUT2D eigenvalue weighted by Gasteiger charge is 2.34. The van der Waals surface area contributed by atoms with Gasteiger partial charge in [-0.1, -0.05) is 102 Å². The second-order valence-electron chi connectivity index (χ2n) is 22.9. The van der Waals surface area contributed by atoms with E-state index < -0.39 is 22.6 Å². The Morgan fingerprint density at radius 3 is 1.31 bits per heavy atom. The Morgan fingerprint density at radius 1 is 0.460 bits per heavy atom. The third-order valence-corrected chi connectivity index (χ3v) is 15.8. The van der Waals surface area contributed by atoms with E-state index in [4.69, 9.17) is 31.3 Å². The Labute approximate surface area is 508 Å². The van der Waals surface area contributed by atoms with E-state index in [-0.39, 0.29) is 67.9 Å². The van der Waals surface area contributed by atoms with Crippen molar-refractivity contribution in [1.82, 2.24) is 13.7 Å². The van der Waals surface area contributed by atoms with Crippen LogP contribution >= 0.6 is 11.6 Å². The second kappa shape index (κ2) is 26.1. The molecular formula is C71H64ClF3N6O6. The van der Waals surface area contributed by atoms with Crippen molar-refractivity contribution in [1.29, 1.82) is 0 Å². The standard InChI is InChI=1S/C27H22F2N2O2.C22H21ClN2O2.C22H21FN2O2/c1-17-12-18(4-9-24(17)30-3)13-26(32)27(2,33)16-31-11-10-22-23(29)14-20(15-25(22)31)19-5-7-21(28)8-6-19;2*1-14-5-8-20-17(9-14)18(23)12-25(20)13-22(3,27)21(26)11-16-6-7-19(24-4)15(2)10-16/h4-12,14-15,33H,13,16H2,1-2H3;2*5-10,12,27H,11,13H2,1-3H3/t27-;2*22-/m000/s1. The molecule has 3 atom stereocenters. The van der Waals surface area contributed by atoms with E-state index in [1.54, 1.807) is 113 Å². The monoisotopic (exact) mass is 1190 g/mol. The number of hydrogen-bond acceptors (Lipinski definition) is 6. The summed E-state index contributed by atoms with van der Waals surface area (Å²) in [5.74, 6) is -2.20. The van der Waals surface area contributed by atoms with Crippen LogP contribution in [0, 0.1) is 71.8 Å². The van der Waals surface area contributed by atoms with Crippen LogP contribution in [0.4, 0.5) is 30.2 Å². The Morgan fingerprint density at radius 2 is 0.874 bits per heavy atom. The summed E-state index contributed by atoms with van der Waals surface area (Å²) in [7, 11) is 0. The van der Waals surface area contributed by atoms with Crippen molar-refractivity contribution < 1.29 is 42.9 Å². The van der Waals surface area contributed by atoms with E-state index in [1.165, 1.54) is 45.2 Å². The van der Waals surface area contributed by atoms with Crippen LogP contribution in [0.2, 0.25) is 5.02 Å². The molecule has 0 radical (unpaired) electrons. The fourth-order valence-corrected chi connectivity index (χ4v) is 10.7. The molecule has 0 unspecified atom stereocenters. The van der Waals surface area contributed by atoms with Crippen LogP contribution in [-0.4, -0.2) is 63.2 Å². The van der Waals surface area contributed by atoms with Crippen molar-refractivity contribution in [2.45, 2.75) is 111 Å².